The zero-order valence-electron chi connectivity index (χ0n) is 12.0. The third-order valence-electron chi connectivity index (χ3n) is 4.19. The van der Waals surface area contributed by atoms with E-state index in [-0.39, 0.29) is 11.9 Å². The highest BCUT2D eigenvalue weighted by Crippen LogP contribution is 2.29. The third kappa shape index (κ3) is 2.37. The molecule has 1 N–H and O–H groups in total. The summed E-state index contributed by atoms with van der Waals surface area (Å²) in [7, 11) is 0. The van der Waals surface area contributed by atoms with Gasteiger partial charge in [0.05, 0.1) is 17.8 Å². The Morgan fingerprint density at radius 2 is 2.00 bits per heavy atom. The van der Waals surface area contributed by atoms with Gasteiger partial charge in [-0.1, -0.05) is 24.3 Å². The van der Waals surface area contributed by atoms with Crippen molar-refractivity contribution < 1.29 is 4.79 Å². The van der Waals surface area contributed by atoms with Crippen LogP contribution < -0.4 is 5.32 Å². The van der Waals surface area contributed by atoms with E-state index in [0.717, 1.165) is 30.3 Å². The van der Waals surface area contributed by atoms with E-state index in [2.05, 4.69) is 32.3 Å². The summed E-state index contributed by atoms with van der Waals surface area (Å²) in [4.78, 5) is 12.5. The van der Waals surface area contributed by atoms with Crippen LogP contribution in [-0.4, -0.2) is 14.7 Å². The van der Waals surface area contributed by atoms with Crippen molar-refractivity contribution in [2.45, 2.75) is 25.3 Å². The van der Waals surface area contributed by atoms with E-state index in [0.29, 0.717) is 5.56 Å². The molecule has 2 aromatic carbocycles. The molecule has 4 rings (SSSR count). The van der Waals surface area contributed by atoms with Crippen LogP contribution in [0.3, 0.4) is 0 Å². The first-order valence-electron chi connectivity index (χ1n) is 7.42. The number of hydrogen-bond acceptors (Lipinski definition) is 4. The molecule has 4 nitrogen and oxygen atoms in total. The number of aromatic nitrogens is 2. The van der Waals surface area contributed by atoms with Gasteiger partial charge in [0.25, 0.3) is 5.91 Å². The first kappa shape index (κ1) is 13.4. The second kappa shape index (κ2) is 5.50. The zero-order valence-corrected chi connectivity index (χ0v) is 12.8. The van der Waals surface area contributed by atoms with E-state index in [9.17, 15) is 4.79 Å². The van der Waals surface area contributed by atoms with Crippen LogP contribution in [0.5, 0.6) is 0 Å². The fourth-order valence-corrected chi connectivity index (χ4v) is 3.59. The third-order valence-corrected chi connectivity index (χ3v) is 4.75. The Morgan fingerprint density at radius 1 is 1.14 bits per heavy atom. The molecule has 0 bridgehead atoms. The summed E-state index contributed by atoms with van der Waals surface area (Å²) in [6, 6.07) is 13.9. The van der Waals surface area contributed by atoms with Gasteiger partial charge in [0.15, 0.2) is 0 Å². The van der Waals surface area contributed by atoms with Gasteiger partial charge in [0.2, 0.25) is 0 Å². The number of amides is 1. The molecule has 1 aliphatic carbocycles. The van der Waals surface area contributed by atoms with Crippen LogP contribution in [0.15, 0.2) is 42.5 Å². The topological polar surface area (TPSA) is 54.9 Å². The number of nitrogens with one attached hydrogen (secondary N) is 1. The van der Waals surface area contributed by atoms with Gasteiger partial charge < -0.3 is 5.32 Å². The molecule has 0 unspecified atom stereocenters. The molecule has 1 aromatic heterocycles. The normalized spacial score (nSPS) is 17.2. The van der Waals surface area contributed by atoms with Gasteiger partial charge in [-0.25, -0.2) is 0 Å². The summed E-state index contributed by atoms with van der Waals surface area (Å²) >= 11 is 1.17. The molecule has 0 saturated carbocycles. The van der Waals surface area contributed by atoms with Gasteiger partial charge in [-0.3, -0.25) is 4.79 Å². The van der Waals surface area contributed by atoms with E-state index < -0.39 is 0 Å². The highest BCUT2D eigenvalue weighted by Gasteiger charge is 2.22. The Labute approximate surface area is 132 Å². The Balaban J connectivity index is 1.59. The van der Waals surface area contributed by atoms with Crippen molar-refractivity contribution in [3.8, 4) is 0 Å². The molecule has 1 aliphatic rings. The summed E-state index contributed by atoms with van der Waals surface area (Å²) in [5.41, 5.74) is 4.85. The van der Waals surface area contributed by atoms with Crippen LogP contribution in [0, 0.1) is 0 Å². The fourth-order valence-electron chi connectivity index (χ4n) is 3.07. The lowest BCUT2D eigenvalue weighted by molar-refractivity contribution is 0.0933. The number of carbonyl (C=O) groups is 1. The molecule has 110 valence electrons. The minimum Gasteiger partial charge on any atom is -0.345 e. The number of carbonyl (C=O) groups excluding carboxylic acids is 1. The van der Waals surface area contributed by atoms with Crippen LogP contribution in [0.2, 0.25) is 0 Å². The van der Waals surface area contributed by atoms with Crippen molar-refractivity contribution in [2.75, 3.05) is 0 Å². The average molecular weight is 309 g/mol. The highest BCUT2D eigenvalue weighted by molar-refractivity contribution is 7.00. The van der Waals surface area contributed by atoms with Crippen molar-refractivity contribution in [2.24, 2.45) is 0 Å². The smallest absolute Gasteiger partial charge is 0.251 e. The summed E-state index contributed by atoms with van der Waals surface area (Å²) < 4.78 is 8.36. The fraction of sp³-hybridized carbons (Fsp3) is 0.235. The van der Waals surface area contributed by atoms with Crippen LogP contribution in [-0.2, 0) is 6.42 Å². The van der Waals surface area contributed by atoms with Crippen LogP contribution in [0.1, 0.15) is 40.4 Å². The zero-order chi connectivity index (χ0) is 14.9. The quantitative estimate of drug-likeness (QED) is 0.788. The Kier molecular flexibility index (Phi) is 3.35. The lowest BCUT2D eigenvalue weighted by Crippen LogP contribution is -2.30. The molecule has 5 heteroatoms. The van der Waals surface area contributed by atoms with Crippen molar-refractivity contribution in [3.63, 3.8) is 0 Å². The van der Waals surface area contributed by atoms with Crippen LogP contribution in [0.4, 0.5) is 0 Å². The molecule has 1 heterocycles. The number of fused-ring (bicyclic) bond motifs is 2. The Hall–Kier alpha value is -2.27. The largest absolute Gasteiger partial charge is 0.345 e. The minimum absolute atomic E-state index is 0.0448. The molecular weight excluding hydrogens is 294 g/mol. The molecule has 1 amide bonds. The lowest BCUT2D eigenvalue weighted by atomic mass is 9.87. The molecule has 0 aliphatic heterocycles. The van der Waals surface area contributed by atoms with Crippen LogP contribution >= 0.6 is 11.7 Å². The molecular formula is C17H15N3OS. The van der Waals surface area contributed by atoms with Crippen molar-refractivity contribution in [1.82, 2.24) is 14.1 Å². The van der Waals surface area contributed by atoms with Gasteiger partial charge in [-0.05, 0) is 48.6 Å². The van der Waals surface area contributed by atoms with Crippen molar-refractivity contribution >= 4 is 28.7 Å². The standard InChI is InChI=1S/C17H15N3OS/c21-17(12-8-9-15-16(10-12)20-22-19-15)18-14-7-3-5-11-4-1-2-6-13(11)14/h1-2,4,6,8-10,14H,3,5,7H2,(H,18,21)/t14-/m1/s1. The van der Waals surface area contributed by atoms with E-state index in [1.54, 1.807) is 0 Å². The first-order valence-corrected chi connectivity index (χ1v) is 8.15. The molecule has 0 radical (unpaired) electrons. The number of aryl methyl sites for hydroxylation is 1. The lowest BCUT2D eigenvalue weighted by Gasteiger charge is -2.26. The molecule has 0 fully saturated rings. The number of rotatable bonds is 2. The Morgan fingerprint density at radius 3 is 2.95 bits per heavy atom. The predicted molar refractivity (Wildman–Crippen MR) is 87.0 cm³/mol. The molecule has 0 saturated heterocycles. The number of hydrogen-bond donors (Lipinski definition) is 1. The van der Waals surface area contributed by atoms with Gasteiger partial charge in [-0.15, -0.1) is 0 Å². The molecule has 0 spiro atoms. The van der Waals surface area contributed by atoms with Gasteiger partial charge in [-0.2, -0.15) is 8.75 Å². The monoisotopic (exact) mass is 309 g/mol. The van der Waals surface area contributed by atoms with Gasteiger partial charge in [0.1, 0.15) is 11.0 Å². The molecule has 22 heavy (non-hydrogen) atoms. The maximum Gasteiger partial charge on any atom is 0.251 e. The second-order valence-corrected chi connectivity index (χ2v) is 6.11. The van der Waals surface area contributed by atoms with E-state index in [4.69, 9.17) is 0 Å². The highest BCUT2D eigenvalue weighted by atomic mass is 32.1. The maximum atomic E-state index is 12.5. The number of nitrogens with zero attached hydrogens (tertiary/aromatic N) is 2. The number of benzene rings is 2. The summed E-state index contributed by atoms with van der Waals surface area (Å²) in [6.07, 6.45) is 3.19. The Bertz CT molecular complexity index is 843. The maximum absolute atomic E-state index is 12.5. The minimum atomic E-state index is -0.0448. The SMILES string of the molecule is O=C(N[C@@H]1CCCc2ccccc21)c1ccc2nsnc2c1. The summed E-state index contributed by atoms with van der Waals surface area (Å²) in [5, 5.41) is 3.16. The average Bonchev–Trinajstić information content (AvgIpc) is 3.02. The summed E-state index contributed by atoms with van der Waals surface area (Å²) in [5.74, 6) is -0.0448. The van der Waals surface area contributed by atoms with Gasteiger partial charge in [0, 0.05) is 5.56 Å². The van der Waals surface area contributed by atoms with E-state index in [1.807, 2.05) is 24.3 Å². The summed E-state index contributed by atoms with van der Waals surface area (Å²) in [6.45, 7) is 0. The predicted octanol–water partition coefficient (Wildman–Crippen LogP) is 3.50. The van der Waals surface area contributed by atoms with Crippen molar-refractivity contribution in [1.29, 1.82) is 0 Å². The van der Waals surface area contributed by atoms with Crippen molar-refractivity contribution in [3.05, 3.63) is 59.2 Å². The van der Waals surface area contributed by atoms with E-state index >= 15 is 0 Å². The van der Waals surface area contributed by atoms with Gasteiger partial charge >= 0.3 is 0 Å². The van der Waals surface area contributed by atoms with E-state index in [1.165, 1.54) is 22.9 Å². The molecule has 3 aromatic rings. The molecule has 1 atom stereocenters. The second-order valence-electron chi connectivity index (χ2n) is 5.58. The van der Waals surface area contributed by atoms with Crippen LogP contribution in [0.25, 0.3) is 11.0 Å². The first-order chi connectivity index (χ1) is 10.8.